The molecule has 1 fully saturated rings. The second-order valence-electron chi connectivity index (χ2n) is 6.33. The Balaban J connectivity index is 1.73. The highest BCUT2D eigenvalue weighted by Gasteiger charge is 2.40. The van der Waals surface area contributed by atoms with Gasteiger partial charge in [-0.1, -0.05) is 0 Å². The molecule has 4 heterocycles. The Morgan fingerprint density at radius 2 is 1.92 bits per heavy atom. The van der Waals surface area contributed by atoms with Crippen molar-refractivity contribution >= 4 is 34.7 Å². The highest BCUT2D eigenvalue weighted by atomic mass is 32.2. The lowest BCUT2D eigenvalue weighted by Crippen LogP contribution is -2.44. The van der Waals surface area contributed by atoms with Gasteiger partial charge >= 0.3 is 0 Å². The van der Waals surface area contributed by atoms with Crippen molar-refractivity contribution in [2.75, 3.05) is 30.0 Å². The van der Waals surface area contributed by atoms with Crippen molar-refractivity contribution in [1.29, 1.82) is 0 Å². The third-order valence-corrected chi connectivity index (χ3v) is 5.79. The van der Waals surface area contributed by atoms with Crippen LogP contribution in [0.4, 0.5) is 5.95 Å². The first-order chi connectivity index (χ1) is 11.8. The van der Waals surface area contributed by atoms with E-state index in [1.54, 1.807) is 0 Å². The Hall–Kier alpha value is -2.09. The summed E-state index contributed by atoms with van der Waals surface area (Å²) in [7, 11) is 0. The van der Waals surface area contributed by atoms with Gasteiger partial charge in [0.2, 0.25) is 5.95 Å². The maximum atomic E-state index is 6.05. The molecule has 24 heavy (non-hydrogen) atoms. The summed E-state index contributed by atoms with van der Waals surface area (Å²) in [4.78, 5) is 9.53. The molecule has 2 aromatic rings. The molecule has 0 saturated carbocycles. The van der Waals surface area contributed by atoms with Crippen molar-refractivity contribution < 1.29 is 9.47 Å². The zero-order chi connectivity index (χ0) is 16.1. The average molecular weight is 345 g/mol. The largest absolute Gasteiger partial charge is 0.489 e. The van der Waals surface area contributed by atoms with Gasteiger partial charge in [-0.05, 0) is 11.5 Å². The monoisotopic (exact) mass is 345 g/mol. The van der Waals surface area contributed by atoms with E-state index >= 15 is 0 Å². The molecule has 3 aliphatic heterocycles. The van der Waals surface area contributed by atoms with E-state index in [4.69, 9.17) is 25.2 Å². The Bertz CT molecular complexity index is 841. The van der Waals surface area contributed by atoms with Crippen LogP contribution in [-0.4, -0.2) is 40.2 Å². The number of ether oxygens (including phenoxy) is 2. The molecule has 7 nitrogen and oxygen atoms in total. The van der Waals surface area contributed by atoms with Crippen LogP contribution in [0, 0.1) is 0 Å². The second kappa shape index (κ2) is 5.20. The summed E-state index contributed by atoms with van der Waals surface area (Å²) in [6, 6.07) is 4.00. The molecule has 126 valence electrons. The van der Waals surface area contributed by atoms with Gasteiger partial charge in [0.25, 0.3) is 0 Å². The molecule has 0 unspecified atom stereocenters. The number of hydrogen-bond donors (Lipinski definition) is 2. The van der Waals surface area contributed by atoms with Crippen LogP contribution in [0.15, 0.2) is 17.1 Å². The number of imidazole rings is 1. The minimum absolute atomic E-state index is 0.343. The topological polar surface area (TPSA) is 86.7 Å². The SMILES string of the molecule is NC1=NC2(CCSCC2)n2c(nc3cc4c(cc32)OCCCO4)N1. The number of anilines is 1. The van der Waals surface area contributed by atoms with Crippen molar-refractivity contribution in [3.63, 3.8) is 0 Å². The standard InChI is InChI=1S/C16H19N5O2S/c17-14-19-15-18-10-8-12-13(23-5-1-4-22-12)9-11(10)21(15)16(20-14)2-6-24-7-3-16/h8-9H,1-7H2,(H3,17,18,19,20). The van der Waals surface area contributed by atoms with Crippen LogP contribution in [0.2, 0.25) is 0 Å². The third kappa shape index (κ3) is 2.05. The lowest BCUT2D eigenvalue weighted by molar-refractivity contribution is 0.282. The first kappa shape index (κ1) is 14.3. The summed E-state index contributed by atoms with van der Waals surface area (Å²) in [6.07, 6.45) is 2.79. The minimum atomic E-state index is -0.343. The molecule has 0 aliphatic carbocycles. The van der Waals surface area contributed by atoms with Crippen LogP contribution in [0.25, 0.3) is 11.0 Å². The van der Waals surface area contributed by atoms with Crippen molar-refractivity contribution in [1.82, 2.24) is 9.55 Å². The van der Waals surface area contributed by atoms with Crippen molar-refractivity contribution in [2.24, 2.45) is 10.7 Å². The van der Waals surface area contributed by atoms with Crippen molar-refractivity contribution in [3.05, 3.63) is 12.1 Å². The average Bonchev–Trinajstić information content (AvgIpc) is 2.76. The van der Waals surface area contributed by atoms with Crippen molar-refractivity contribution in [2.45, 2.75) is 24.9 Å². The molecule has 0 radical (unpaired) electrons. The summed E-state index contributed by atoms with van der Waals surface area (Å²) in [5.74, 6) is 4.88. The van der Waals surface area contributed by atoms with Gasteiger partial charge in [0.15, 0.2) is 17.5 Å². The molecular weight excluding hydrogens is 326 g/mol. The van der Waals surface area contributed by atoms with Gasteiger partial charge < -0.3 is 15.2 Å². The number of rotatable bonds is 0. The molecule has 5 rings (SSSR count). The van der Waals surface area contributed by atoms with Crippen LogP contribution < -0.4 is 20.5 Å². The predicted molar refractivity (Wildman–Crippen MR) is 95.1 cm³/mol. The molecule has 3 N–H and O–H groups in total. The van der Waals surface area contributed by atoms with E-state index in [1.807, 2.05) is 23.9 Å². The minimum Gasteiger partial charge on any atom is -0.489 e. The van der Waals surface area contributed by atoms with Gasteiger partial charge in [-0.3, -0.25) is 9.88 Å². The van der Waals surface area contributed by atoms with Crippen LogP contribution in [-0.2, 0) is 5.66 Å². The van der Waals surface area contributed by atoms with Gasteiger partial charge in [0.1, 0.15) is 5.66 Å². The van der Waals surface area contributed by atoms with E-state index in [2.05, 4.69) is 9.88 Å². The summed E-state index contributed by atoms with van der Waals surface area (Å²) >= 11 is 1.96. The van der Waals surface area contributed by atoms with Gasteiger partial charge in [-0.25, -0.2) is 9.98 Å². The predicted octanol–water partition coefficient (Wildman–Crippen LogP) is 2.12. The fourth-order valence-corrected chi connectivity index (χ4v) is 4.84. The van der Waals surface area contributed by atoms with Crippen LogP contribution in [0.5, 0.6) is 11.5 Å². The lowest BCUT2D eigenvalue weighted by Gasteiger charge is -2.38. The number of nitrogens with one attached hydrogen (secondary N) is 1. The van der Waals surface area contributed by atoms with E-state index in [1.165, 1.54) is 0 Å². The van der Waals surface area contributed by atoms with Crippen LogP contribution in [0.3, 0.4) is 0 Å². The summed E-state index contributed by atoms with van der Waals surface area (Å²) in [5.41, 5.74) is 7.60. The Morgan fingerprint density at radius 3 is 2.71 bits per heavy atom. The molecule has 1 aromatic carbocycles. The number of aliphatic imine (C=N–C) groups is 1. The Kier molecular flexibility index (Phi) is 3.09. The van der Waals surface area contributed by atoms with E-state index in [-0.39, 0.29) is 5.66 Å². The second-order valence-corrected chi connectivity index (χ2v) is 7.55. The molecular formula is C16H19N5O2S. The number of fused-ring (bicyclic) bond motifs is 5. The fraction of sp³-hybridized carbons (Fsp3) is 0.500. The maximum Gasteiger partial charge on any atom is 0.212 e. The molecule has 1 spiro atoms. The Morgan fingerprint density at radius 1 is 1.17 bits per heavy atom. The van der Waals surface area contributed by atoms with Gasteiger partial charge in [0.05, 0.1) is 24.2 Å². The van der Waals surface area contributed by atoms with Crippen LogP contribution >= 0.6 is 11.8 Å². The molecule has 3 aliphatic rings. The van der Waals surface area contributed by atoms with E-state index in [0.29, 0.717) is 19.2 Å². The molecule has 0 atom stereocenters. The van der Waals surface area contributed by atoms with E-state index < -0.39 is 0 Å². The summed E-state index contributed by atoms with van der Waals surface area (Å²) < 4.78 is 13.9. The number of thioether (sulfide) groups is 1. The highest BCUT2D eigenvalue weighted by molar-refractivity contribution is 7.99. The number of guanidine groups is 1. The number of nitrogens with two attached hydrogens (primary N) is 1. The van der Waals surface area contributed by atoms with Gasteiger partial charge in [0, 0.05) is 31.4 Å². The summed E-state index contributed by atoms with van der Waals surface area (Å²) in [6.45, 7) is 1.34. The maximum absolute atomic E-state index is 6.05. The zero-order valence-electron chi connectivity index (χ0n) is 13.2. The number of benzene rings is 1. The Labute approximate surface area is 143 Å². The fourth-order valence-electron chi connectivity index (χ4n) is 3.69. The number of hydrogen-bond acceptors (Lipinski definition) is 7. The highest BCUT2D eigenvalue weighted by Crippen LogP contribution is 2.44. The molecule has 1 saturated heterocycles. The van der Waals surface area contributed by atoms with Gasteiger partial charge in [-0.2, -0.15) is 11.8 Å². The van der Waals surface area contributed by atoms with Crippen LogP contribution in [0.1, 0.15) is 19.3 Å². The molecule has 0 amide bonds. The number of aromatic nitrogens is 2. The van der Waals surface area contributed by atoms with E-state index in [0.717, 1.165) is 59.2 Å². The van der Waals surface area contributed by atoms with E-state index in [9.17, 15) is 0 Å². The first-order valence-electron chi connectivity index (χ1n) is 8.28. The van der Waals surface area contributed by atoms with Crippen molar-refractivity contribution in [3.8, 4) is 11.5 Å². The zero-order valence-corrected chi connectivity index (χ0v) is 14.1. The normalized spacial score (nSPS) is 21.8. The first-order valence-corrected chi connectivity index (χ1v) is 9.43. The smallest absolute Gasteiger partial charge is 0.212 e. The molecule has 8 heteroatoms. The molecule has 1 aromatic heterocycles. The summed E-state index contributed by atoms with van der Waals surface area (Å²) in [5, 5.41) is 3.11. The quantitative estimate of drug-likeness (QED) is 0.760. The number of nitrogens with zero attached hydrogens (tertiary/aromatic N) is 3. The van der Waals surface area contributed by atoms with Gasteiger partial charge in [-0.15, -0.1) is 0 Å². The lowest BCUT2D eigenvalue weighted by atomic mass is 10.0. The molecule has 0 bridgehead atoms. The third-order valence-electron chi connectivity index (χ3n) is 4.80.